The van der Waals surface area contributed by atoms with Crippen molar-refractivity contribution in [2.45, 2.75) is 0 Å². The Hall–Kier alpha value is -2.40. The van der Waals surface area contributed by atoms with Gasteiger partial charge in [0.15, 0.2) is 0 Å². The summed E-state index contributed by atoms with van der Waals surface area (Å²) in [6.45, 7) is 1.58. The second-order valence-electron chi connectivity index (χ2n) is 5.18. The van der Waals surface area contributed by atoms with Crippen LogP contribution in [0.25, 0.3) is 0 Å². The van der Waals surface area contributed by atoms with E-state index in [0.717, 1.165) is 9.80 Å². The van der Waals surface area contributed by atoms with Gasteiger partial charge in [-0.1, -0.05) is 0 Å². The summed E-state index contributed by atoms with van der Waals surface area (Å²) in [4.78, 5) is 47.0. The summed E-state index contributed by atoms with van der Waals surface area (Å²) in [5.74, 6) is -1.55. The van der Waals surface area contributed by atoms with Crippen LogP contribution in [0.1, 0.15) is 0 Å². The van der Waals surface area contributed by atoms with Gasteiger partial charge >= 0.3 is 0 Å². The number of hydrogen-bond donors (Lipinski definition) is 0. The predicted molar refractivity (Wildman–Crippen MR) is 85.3 cm³/mol. The molecule has 0 unspecified atom stereocenters. The third-order valence-electron chi connectivity index (χ3n) is 3.36. The predicted octanol–water partition coefficient (Wildman–Crippen LogP) is -1.18. The van der Waals surface area contributed by atoms with Crippen LogP contribution in [0.4, 0.5) is 0 Å². The van der Waals surface area contributed by atoms with Gasteiger partial charge in [0.1, 0.15) is 13.5 Å². The monoisotopic (exact) mass is 368 g/mol. The van der Waals surface area contributed by atoms with E-state index < -0.39 is 0 Å². The maximum atomic E-state index is 11.2. The number of amides is 4. The molecule has 0 atom stereocenters. The van der Waals surface area contributed by atoms with Crippen molar-refractivity contribution >= 4 is 23.6 Å². The van der Waals surface area contributed by atoms with E-state index in [1.54, 1.807) is 0 Å². The molecule has 4 amide bonds. The Balaban J connectivity index is 1.34. The van der Waals surface area contributed by atoms with Crippen LogP contribution in [0.3, 0.4) is 0 Å². The van der Waals surface area contributed by atoms with Crippen molar-refractivity contribution in [3.63, 3.8) is 0 Å². The smallest absolute Gasteiger partial charge is 0.255 e. The second-order valence-corrected chi connectivity index (χ2v) is 5.18. The van der Waals surface area contributed by atoms with Crippen LogP contribution in [0.15, 0.2) is 24.3 Å². The minimum absolute atomic E-state index is 0.0978. The maximum Gasteiger partial charge on any atom is 0.255 e. The highest BCUT2D eigenvalue weighted by atomic mass is 16.6. The molecule has 0 spiro atoms. The third-order valence-corrected chi connectivity index (χ3v) is 3.36. The molecule has 10 heteroatoms. The zero-order chi connectivity index (χ0) is 18.8. The topological polar surface area (TPSA) is 112 Å². The summed E-state index contributed by atoms with van der Waals surface area (Å²) in [5, 5.41) is 0. The van der Waals surface area contributed by atoms with Crippen molar-refractivity contribution < 1.29 is 38.1 Å². The van der Waals surface area contributed by atoms with Gasteiger partial charge in [0.2, 0.25) is 0 Å². The number of imide groups is 2. The third kappa shape index (κ3) is 6.15. The fourth-order valence-electron chi connectivity index (χ4n) is 1.99. The van der Waals surface area contributed by atoms with Crippen molar-refractivity contribution in [1.82, 2.24) is 9.80 Å². The first-order chi connectivity index (χ1) is 12.6. The van der Waals surface area contributed by atoms with Gasteiger partial charge in [0, 0.05) is 24.3 Å². The van der Waals surface area contributed by atoms with Gasteiger partial charge < -0.3 is 18.9 Å². The van der Waals surface area contributed by atoms with E-state index in [9.17, 15) is 19.2 Å². The van der Waals surface area contributed by atoms with Crippen LogP contribution in [0, 0.1) is 0 Å². The van der Waals surface area contributed by atoms with E-state index in [1.807, 2.05) is 0 Å². The lowest BCUT2D eigenvalue weighted by Gasteiger charge is -2.14. The highest BCUT2D eigenvalue weighted by Gasteiger charge is 2.23. The molecule has 2 rings (SSSR count). The largest absolute Gasteiger partial charge is 0.377 e. The summed E-state index contributed by atoms with van der Waals surface area (Å²) >= 11 is 0. The standard InChI is InChI=1S/C16H20N2O8/c19-13-1-2-14(20)17(13)11-25-9-7-23-5-6-24-8-10-26-12-18-15(21)3-4-16(18)22/h1-4H,5-12H2. The number of rotatable bonds is 13. The molecular formula is C16H20N2O8. The van der Waals surface area contributed by atoms with E-state index in [-0.39, 0.29) is 50.3 Å². The molecule has 0 saturated heterocycles. The molecule has 10 nitrogen and oxygen atoms in total. The van der Waals surface area contributed by atoms with Crippen LogP contribution < -0.4 is 0 Å². The first-order valence-corrected chi connectivity index (χ1v) is 7.97. The summed E-state index contributed by atoms with van der Waals surface area (Å²) in [6, 6.07) is 0. The Morgan fingerprint density at radius 2 is 0.769 bits per heavy atom. The van der Waals surface area contributed by atoms with Crippen LogP contribution in [0.5, 0.6) is 0 Å². The molecule has 0 saturated carbocycles. The van der Waals surface area contributed by atoms with Crippen molar-refractivity contribution in [2.24, 2.45) is 0 Å². The minimum Gasteiger partial charge on any atom is -0.377 e. The van der Waals surface area contributed by atoms with E-state index in [1.165, 1.54) is 24.3 Å². The Bertz CT molecular complexity index is 513. The number of carbonyl (C=O) groups is 4. The number of carbonyl (C=O) groups excluding carboxylic acids is 4. The van der Waals surface area contributed by atoms with Gasteiger partial charge in [0.05, 0.1) is 39.6 Å². The molecule has 2 aliphatic heterocycles. The first-order valence-electron chi connectivity index (χ1n) is 7.97. The molecule has 0 radical (unpaired) electrons. The van der Waals surface area contributed by atoms with E-state index in [2.05, 4.69) is 0 Å². The summed E-state index contributed by atoms with van der Waals surface area (Å²) < 4.78 is 20.9. The van der Waals surface area contributed by atoms with Gasteiger partial charge in [-0.15, -0.1) is 0 Å². The lowest BCUT2D eigenvalue weighted by atomic mass is 10.6. The molecule has 0 N–H and O–H groups in total. The van der Waals surface area contributed by atoms with Gasteiger partial charge in [0.25, 0.3) is 23.6 Å². The van der Waals surface area contributed by atoms with Gasteiger partial charge in [-0.25, -0.2) is 0 Å². The molecule has 0 fully saturated rings. The quantitative estimate of drug-likeness (QED) is 0.295. The van der Waals surface area contributed by atoms with Crippen LogP contribution >= 0.6 is 0 Å². The minimum atomic E-state index is -0.388. The molecule has 2 aliphatic rings. The summed E-state index contributed by atoms with van der Waals surface area (Å²) in [6.07, 6.45) is 4.78. The lowest BCUT2D eigenvalue weighted by molar-refractivity contribution is -0.145. The van der Waals surface area contributed by atoms with E-state index in [0.29, 0.717) is 26.4 Å². The number of nitrogens with zero attached hydrogens (tertiary/aromatic N) is 2. The zero-order valence-corrected chi connectivity index (χ0v) is 14.1. The van der Waals surface area contributed by atoms with Crippen LogP contribution in [-0.4, -0.2) is 86.5 Å². The van der Waals surface area contributed by atoms with Gasteiger partial charge in [-0.3, -0.25) is 29.0 Å². The van der Waals surface area contributed by atoms with Gasteiger partial charge in [-0.2, -0.15) is 0 Å². The fourth-order valence-corrected chi connectivity index (χ4v) is 1.99. The normalized spacial score (nSPS) is 16.6. The molecular weight excluding hydrogens is 348 g/mol. The SMILES string of the molecule is O=C1C=CC(=O)N1COCCOCCOCCOCN1C(=O)C=CC1=O. The van der Waals surface area contributed by atoms with Crippen molar-refractivity contribution in [3.05, 3.63) is 24.3 Å². The number of hydrogen-bond acceptors (Lipinski definition) is 8. The summed E-state index contributed by atoms with van der Waals surface area (Å²) in [5.41, 5.74) is 0. The molecule has 26 heavy (non-hydrogen) atoms. The van der Waals surface area contributed by atoms with Crippen LogP contribution in [-0.2, 0) is 38.1 Å². The van der Waals surface area contributed by atoms with Crippen molar-refractivity contribution in [2.75, 3.05) is 53.1 Å². The fraction of sp³-hybridized carbons (Fsp3) is 0.500. The highest BCUT2D eigenvalue weighted by Crippen LogP contribution is 2.03. The summed E-state index contributed by atoms with van der Waals surface area (Å²) in [7, 11) is 0. The Morgan fingerprint density at radius 3 is 1.08 bits per heavy atom. The van der Waals surface area contributed by atoms with Gasteiger partial charge in [-0.05, 0) is 0 Å². The average Bonchev–Trinajstić information content (AvgIpc) is 3.11. The molecule has 142 valence electrons. The first kappa shape index (κ1) is 19.9. The highest BCUT2D eigenvalue weighted by molar-refractivity contribution is 6.13. The number of ether oxygens (including phenoxy) is 4. The van der Waals surface area contributed by atoms with Crippen molar-refractivity contribution in [1.29, 1.82) is 0 Å². The van der Waals surface area contributed by atoms with E-state index in [4.69, 9.17) is 18.9 Å². The molecule has 0 aliphatic carbocycles. The molecule has 0 aromatic heterocycles. The maximum absolute atomic E-state index is 11.2. The molecule has 0 bridgehead atoms. The second kappa shape index (κ2) is 10.6. The van der Waals surface area contributed by atoms with E-state index >= 15 is 0 Å². The Labute approximate surface area is 149 Å². The van der Waals surface area contributed by atoms with Crippen LogP contribution in [0.2, 0.25) is 0 Å². The lowest BCUT2D eigenvalue weighted by Crippen LogP contribution is -2.32. The molecule has 0 aromatic carbocycles. The van der Waals surface area contributed by atoms with Crippen molar-refractivity contribution in [3.8, 4) is 0 Å². The Kier molecular flexibility index (Phi) is 8.09. The molecule has 2 heterocycles. The zero-order valence-electron chi connectivity index (χ0n) is 14.1. The Morgan fingerprint density at radius 1 is 0.500 bits per heavy atom. The average molecular weight is 368 g/mol. The molecule has 0 aromatic rings.